The van der Waals surface area contributed by atoms with Crippen molar-refractivity contribution in [2.75, 3.05) is 18.2 Å². The summed E-state index contributed by atoms with van der Waals surface area (Å²) in [7, 11) is 1.73. The maximum atomic E-state index is 11.4. The minimum Gasteiger partial charge on any atom is -0.314 e. The number of anilines is 1. The lowest BCUT2D eigenvalue weighted by Gasteiger charge is -2.25. The molecule has 0 N–H and O–H groups in total. The molecule has 0 fully saturated rings. The first-order chi connectivity index (χ1) is 10.1. The number of nitrogens with zero attached hydrogens (tertiary/aromatic N) is 5. The number of rotatable bonds is 3. The lowest BCUT2D eigenvalue weighted by atomic mass is 10.0. The number of thioether (sulfide) groups is 1. The van der Waals surface area contributed by atoms with Gasteiger partial charge in [0.2, 0.25) is 11.1 Å². The summed E-state index contributed by atoms with van der Waals surface area (Å²) in [6.45, 7) is 0. The fourth-order valence-electron chi connectivity index (χ4n) is 2.34. The first-order valence-electron chi connectivity index (χ1n) is 6.26. The van der Waals surface area contributed by atoms with Crippen molar-refractivity contribution in [3.63, 3.8) is 0 Å². The van der Waals surface area contributed by atoms with Gasteiger partial charge in [0.15, 0.2) is 6.04 Å². The fourth-order valence-corrected chi connectivity index (χ4v) is 2.69. The quantitative estimate of drug-likeness (QED) is 0.491. The van der Waals surface area contributed by atoms with Gasteiger partial charge in [-0.3, -0.25) is 10.1 Å². The number of benzene rings is 1. The van der Waals surface area contributed by atoms with Crippen LogP contribution < -0.4 is 4.90 Å². The van der Waals surface area contributed by atoms with Crippen LogP contribution in [0.4, 0.5) is 5.95 Å². The average Bonchev–Trinajstić information content (AvgIpc) is 2.92. The Balaban J connectivity index is 2.19. The molecule has 21 heavy (non-hydrogen) atoms. The Morgan fingerprint density at radius 2 is 2.05 bits per heavy atom. The molecule has 1 aromatic heterocycles. The molecule has 1 unspecified atom stereocenters. The highest BCUT2D eigenvalue weighted by atomic mass is 32.2. The van der Waals surface area contributed by atoms with E-state index < -0.39 is 6.04 Å². The molecule has 1 aliphatic heterocycles. The summed E-state index contributed by atoms with van der Waals surface area (Å²) in [4.78, 5) is 17.1. The Morgan fingerprint density at radius 3 is 2.67 bits per heavy atom. The molecule has 0 bridgehead atoms. The van der Waals surface area contributed by atoms with Gasteiger partial charge in [0.1, 0.15) is 0 Å². The van der Waals surface area contributed by atoms with Crippen LogP contribution in [0.25, 0.3) is 0 Å². The van der Waals surface area contributed by atoms with Gasteiger partial charge < -0.3 is 4.90 Å². The third kappa shape index (κ3) is 2.27. The first kappa shape index (κ1) is 13.6. The van der Waals surface area contributed by atoms with Crippen LogP contribution in [0.3, 0.4) is 0 Å². The minimum absolute atomic E-state index is 0.0775. The molecule has 0 amide bonds. The van der Waals surface area contributed by atoms with Crippen LogP contribution in [-0.4, -0.2) is 33.0 Å². The van der Waals surface area contributed by atoms with Gasteiger partial charge >= 0.3 is 0 Å². The van der Waals surface area contributed by atoms with Crippen molar-refractivity contribution >= 4 is 17.7 Å². The van der Waals surface area contributed by atoms with Crippen molar-refractivity contribution in [1.29, 1.82) is 0 Å². The molecule has 1 aliphatic rings. The Morgan fingerprint density at radius 1 is 1.33 bits per heavy atom. The second-order valence-electron chi connectivity index (χ2n) is 4.58. The van der Waals surface area contributed by atoms with Gasteiger partial charge in [0.05, 0.1) is 11.1 Å². The molecule has 2 aromatic rings. The summed E-state index contributed by atoms with van der Waals surface area (Å²) in [6.07, 6.45) is 3.38. The van der Waals surface area contributed by atoms with Crippen molar-refractivity contribution in [3.05, 3.63) is 57.9 Å². The van der Waals surface area contributed by atoms with Crippen molar-refractivity contribution < 1.29 is 4.92 Å². The molecular formula is C13H13N5O2S. The van der Waals surface area contributed by atoms with E-state index in [0.717, 1.165) is 5.56 Å². The lowest BCUT2D eigenvalue weighted by Crippen LogP contribution is -2.30. The summed E-state index contributed by atoms with van der Waals surface area (Å²) < 4.78 is 1.61. The van der Waals surface area contributed by atoms with Crippen LogP contribution in [0, 0.1) is 10.1 Å². The summed E-state index contributed by atoms with van der Waals surface area (Å²) >= 11 is 1.41. The Labute approximate surface area is 125 Å². The second kappa shape index (κ2) is 5.21. The number of nitro groups is 1. The van der Waals surface area contributed by atoms with E-state index in [1.807, 2.05) is 36.6 Å². The van der Waals surface area contributed by atoms with Gasteiger partial charge in [-0.05, 0) is 11.8 Å². The van der Waals surface area contributed by atoms with Gasteiger partial charge in [-0.2, -0.15) is 4.98 Å². The van der Waals surface area contributed by atoms with E-state index in [1.165, 1.54) is 18.0 Å². The standard InChI is InChI=1S/C13H13N5O2S/c1-16-8-10(18(19)20)11(9-6-4-3-5-7-9)17-13(16)14-12(15-17)21-2/h3-8,11H,1-2H3. The largest absolute Gasteiger partial charge is 0.314 e. The number of fused-ring (bicyclic) bond motifs is 1. The molecular weight excluding hydrogens is 290 g/mol. The predicted molar refractivity (Wildman–Crippen MR) is 79.9 cm³/mol. The molecule has 0 saturated heterocycles. The normalized spacial score (nSPS) is 17.3. The zero-order valence-corrected chi connectivity index (χ0v) is 12.3. The highest BCUT2D eigenvalue weighted by Crippen LogP contribution is 2.35. The molecule has 7 nitrogen and oxygen atoms in total. The van der Waals surface area contributed by atoms with Crippen LogP contribution in [0.1, 0.15) is 11.6 Å². The summed E-state index contributed by atoms with van der Waals surface area (Å²) in [5.74, 6) is 0.596. The number of allylic oxidation sites excluding steroid dienone is 1. The lowest BCUT2D eigenvalue weighted by molar-refractivity contribution is -0.432. The van der Waals surface area contributed by atoms with Crippen LogP contribution in [-0.2, 0) is 0 Å². The van der Waals surface area contributed by atoms with Gasteiger partial charge in [-0.15, -0.1) is 5.10 Å². The summed E-state index contributed by atoms with van der Waals surface area (Å²) in [6, 6.07) is 8.74. The van der Waals surface area contributed by atoms with E-state index in [1.54, 1.807) is 16.6 Å². The molecule has 2 heterocycles. The number of hydrogen-bond acceptors (Lipinski definition) is 6. The minimum atomic E-state index is -0.569. The monoisotopic (exact) mass is 303 g/mol. The molecule has 0 radical (unpaired) electrons. The third-order valence-corrected chi connectivity index (χ3v) is 3.81. The van der Waals surface area contributed by atoms with Gasteiger partial charge in [0.25, 0.3) is 5.70 Å². The fraction of sp³-hybridized carbons (Fsp3) is 0.231. The average molecular weight is 303 g/mol. The van der Waals surface area contributed by atoms with Gasteiger partial charge in [-0.25, -0.2) is 4.68 Å². The van der Waals surface area contributed by atoms with Gasteiger partial charge in [0, 0.05) is 7.05 Å². The Kier molecular flexibility index (Phi) is 3.38. The second-order valence-corrected chi connectivity index (χ2v) is 5.35. The van der Waals surface area contributed by atoms with Crippen LogP contribution in [0.5, 0.6) is 0 Å². The van der Waals surface area contributed by atoms with E-state index in [2.05, 4.69) is 10.1 Å². The molecule has 1 aromatic carbocycles. The third-order valence-electron chi connectivity index (χ3n) is 3.27. The highest BCUT2D eigenvalue weighted by Gasteiger charge is 2.37. The first-order valence-corrected chi connectivity index (χ1v) is 7.48. The maximum Gasteiger partial charge on any atom is 0.291 e. The van der Waals surface area contributed by atoms with E-state index in [9.17, 15) is 10.1 Å². The predicted octanol–water partition coefficient (Wildman–Crippen LogP) is 2.16. The van der Waals surface area contributed by atoms with Crippen molar-refractivity contribution in [2.45, 2.75) is 11.2 Å². The molecule has 0 spiro atoms. The van der Waals surface area contributed by atoms with Crippen LogP contribution in [0.2, 0.25) is 0 Å². The molecule has 3 rings (SSSR count). The SMILES string of the molecule is CSc1nc2n(n1)C(c1ccccc1)C([N+](=O)[O-])=CN2C. The summed E-state index contributed by atoms with van der Waals surface area (Å²) in [5.41, 5.74) is 0.890. The van der Waals surface area contributed by atoms with E-state index in [0.29, 0.717) is 11.1 Å². The van der Waals surface area contributed by atoms with Crippen LogP contribution >= 0.6 is 11.8 Å². The van der Waals surface area contributed by atoms with E-state index in [4.69, 9.17) is 0 Å². The zero-order chi connectivity index (χ0) is 15.0. The van der Waals surface area contributed by atoms with Crippen molar-refractivity contribution in [1.82, 2.24) is 14.8 Å². The molecule has 0 saturated carbocycles. The maximum absolute atomic E-state index is 11.4. The van der Waals surface area contributed by atoms with E-state index >= 15 is 0 Å². The molecule has 1 atom stereocenters. The smallest absolute Gasteiger partial charge is 0.291 e. The van der Waals surface area contributed by atoms with E-state index in [-0.39, 0.29) is 10.6 Å². The summed E-state index contributed by atoms with van der Waals surface area (Å²) in [5, 5.41) is 16.4. The van der Waals surface area contributed by atoms with Gasteiger partial charge in [-0.1, -0.05) is 42.1 Å². The Hall–Kier alpha value is -2.35. The molecule has 108 valence electrons. The zero-order valence-electron chi connectivity index (χ0n) is 11.5. The highest BCUT2D eigenvalue weighted by molar-refractivity contribution is 7.98. The topological polar surface area (TPSA) is 77.1 Å². The number of aromatic nitrogens is 3. The molecule has 0 aliphatic carbocycles. The Bertz CT molecular complexity index is 713. The van der Waals surface area contributed by atoms with Crippen molar-refractivity contribution in [3.8, 4) is 0 Å². The number of hydrogen-bond donors (Lipinski definition) is 0. The van der Waals surface area contributed by atoms with Crippen LogP contribution in [0.15, 0.2) is 47.4 Å². The molecule has 8 heteroatoms. The van der Waals surface area contributed by atoms with Crippen molar-refractivity contribution in [2.24, 2.45) is 0 Å².